The van der Waals surface area contributed by atoms with Crippen LogP contribution in [0.15, 0.2) is 42.9 Å². The zero-order valence-electron chi connectivity index (χ0n) is 14.5. The fraction of sp³-hybridized carbons (Fsp3) is 0.500. The monoisotopic (exact) mass is 325 g/mol. The van der Waals surface area contributed by atoms with E-state index < -0.39 is 0 Å². The van der Waals surface area contributed by atoms with E-state index in [9.17, 15) is 4.79 Å². The molecule has 4 nitrogen and oxygen atoms in total. The number of benzene rings is 1. The molecule has 128 valence electrons. The highest BCUT2D eigenvalue weighted by Crippen LogP contribution is 2.22. The van der Waals surface area contributed by atoms with Crippen molar-refractivity contribution in [3.63, 3.8) is 0 Å². The summed E-state index contributed by atoms with van der Waals surface area (Å²) in [6.07, 6.45) is 8.93. The second kappa shape index (κ2) is 8.13. The summed E-state index contributed by atoms with van der Waals surface area (Å²) in [5, 5.41) is 0. The SMILES string of the molecule is Cc1cn(CCC2CCN(C(=O)CCc3ccccc3)CC2)cn1. The normalized spacial score (nSPS) is 15.6. The van der Waals surface area contributed by atoms with Crippen LogP contribution < -0.4 is 0 Å². The number of carbonyl (C=O) groups is 1. The molecular weight excluding hydrogens is 298 g/mol. The predicted octanol–water partition coefficient (Wildman–Crippen LogP) is 3.45. The Balaban J connectivity index is 1.37. The lowest BCUT2D eigenvalue weighted by molar-refractivity contribution is -0.132. The summed E-state index contributed by atoms with van der Waals surface area (Å²) in [6, 6.07) is 10.3. The van der Waals surface area contributed by atoms with Gasteiger partial charge in [-0.25, -0.2) is 4.98 Å². The van der Waals surface area contributed by atoms with E-state index in [0.29, 0.717) is 12.3 Å². The molecule has 1 aromatic heterocycles. The first-order valence-corrected chi connectivity index (χ1v) is 9.01. The first-order valence-electron chi connectivity index (χ1n) is 9.01. The first kappa shape index (κ1) is 16.7. The minimum atomic E-state index is 0.308. The summed E-state index contributed by atoms with van der Waals surface area (Å²) >= 11 is 0. The molecule has 1 aliphatic heterocycles. The van der Waals surface area contributed by atoms with Crippen molar-refractivity contribution in [1.29, 1.82) is 0 Å². The lowest BCUT2D eigenvalue weighted by Crippen LogP contribution is -2.38. The fourth-order valence-corrected chi connectivity index (χ4v) is 3.45. The molecule has 1 aromatic carbocycles. The molecule has 0 bridgehead atoms. The quantitative estimate of drug-likeness (QED) is 0.816. The standard InChI is InChI=1S/C20H27N3O/c1-17-15-22(16-21-17)12-9-19-10-13-23(14-11-19)20(24)8-7-18-5-3-2-4-6-18/h2-6,15-16,19H,7-14H2,1H3. The molecule has 2 aromatic rings. The lowest BCUT2D eigenvalue weighted by atomic mass is 9.93. The van der Waals surface area contributed by atoms with Gasteiger partial charge in [0.15, 0.2) is 0 Å². The summed E-state index contributed by atoms with van der Waals surface area (Å²) in [5.41, 5.74) is 2.32. The topological polar surface area (TPSA) is 38.1 Å². The van der Waals surface area contributed by atoms with Crippen LogP contribution in [0.4, 0.5) is 0 Å². The maximum Gasteiger partial charge on any atom is 0.222 e. The van der Waals surface area contributed by atoms with Crippen LogP contribution in [0.3, 0.4) is 0 Å². The molecule has 0 radical (unpaired) electrons. The average Bonchev–Trinajstić information content (AvgIpc) is 3.04. The van der Waals surface area contributed by atoms with Crippen molar-refractivity contribution in [2.24, 2.45) is 5.92 Å². The molecule has 24 heavy (non-hydrogen) atoms. The average molecular weight is 325 g/mol. The van der Waals surface area contributed by atoms with Crippen LogP contribution in [-0.2, 0) is 17.8 Å². The Morgan fingerprint density at radius 3 is 2.62 bits per heavy atom. The van der Waals surface area contributed by atoms with E-state index in [1.165, 1.54) is 12.0 Å². The number of likely N-dealkylation sites (tertiary alicyclic amines) is 1. The maximum absolute atomic E-state index is 12.4. The summed E-state index contributed by atoms with van der Waals surface area (Å²) in [5.74, 6) is 1.04. The van der Waals surface area contributed by atoms with E-state index in [1.807, 2.05) is 31.5 Å². The Morgan fingerprint density at radius 2 is 1.96 bits per heavy atom. The van der Waals surface area contributed by atoms with Gasteiger partial charge in [-0.2, -0.15) is 0 Å². The van der Waals surface area contributed by atoms with Gasteiger partial charge in [-0.1, -0.05) is 30.3 Å². The number of amides is 1. The van der Waals surface area contributed by atoms with Crippen molar-refractivity contribution in [1.82, 2.24) is 14.5 Å². The van der Waals surface area contributed by atoms with Crippen LogP contribution in [0.25, 0.3) is 0 Å². The molecule has 0 N–H and O–H groups in total. The van der Waals surface area contributed by atoms with Crippen molar-refractivity contribution < 1.29 is 4.79 Å². The van der Waals surface area contributed by atoms with Crippen LogP contribution in [0.5, 0.6) is 0 Å². The number of carbonyl (C=O) groups excluding carboxylic acids is 1. The van der Waals surface area contributed by atoms with Gasteiger partial charge < -0.3 is 9.47 Å². The van der Waals surface area contributed by atoms with Gasteiger partial charge in [0.25, 0.3) is 0 Å². The number of nitrogens with zero attached hydrogens (tertiary/aromatic N) is 3. The molecule has 0 aliphatic carbocycles. The summed E-state index contributed by atoms with van der Waals surface area (Å²) in [4.78, 5) is 18.7. The molecule has 4 heteroatoms. The highest BCUT2D eigenvalue weighted by atomic mass is 16.2. The zero-order valence-corrected chi connectivity index (χ0v) is 14.5. The molecule has 1 fully saturated rings. The van der Waals surface area contributed by atoms with E-state index in [1.54, 1.807) is 0 Å². The van der Waals surface area contributed by atoms with Gasteiger partial charge >= 0.3 is 0 Å². The molecule has 2 heterocycles. The van der Waals surface area contributed by atoms with Gasteiger partial charge in [-0.15, -0.1) is 0 Å². The number of rotatable bonds is 6. The summed E-state index contributed by atoms with van der Waals surface area (Å²) in [7, 11) is 0. The minimum Gasteiger partial charge on any atom is -0.343 e. The Hall–Kier alpha value is -2.10. The lowest BCUT2D eigenvalue weighted by Gasteiger charge is -2.32. The van der Waals surface area contributed by atoms with Crippen LogP contribution in [0.1, 0.15) is 36.9 Å². The second-order valence-electron chi connectivity index (χ2n) is 6.85. The first-order chi connectivity index (χ1) is 11.7. The fourth-order valence-electron chi connectivity index (χ4n) is 3.45. The highest BCUT2D eigenvalue weighted by Gasteiger charge is 2.22. The van der Waals surface area contributed by atoms with Crippen LogP contribution in [0, 0.1) is 12.8 Å². The van der Waals surface area contributed by atoms with Crippen molar-refractivity contribution in [2.45, 2.75) is 45.6 Å². The van der Waals surface area contributed by atoms with Crippen LogP contribution in [-0.4, -0.2) is 33.4 Å². The minimum absolute atomic E-state index is 0.308. The third-order valence-electron chi connectivity index (χ3n) is 5.00. The van der Waals surface area contributed by atoms with Gasteiger partial charge in [-0.05, 0) is 44.1 Å². The second-order valence-corrected chi connectivity index (χ2v) is 6.85. The van der Waals surface area contributed by atoms with Crippen molar-refractivity contribution >= 4 is 5.91 Å². The Kier molecular flexibility index (Phi) is 5.68. The molecule has 1 aliphatic rings. The van der Waals surface area contributed by atoms with Gasteiger partial charge in [0.2, 0.25) is 5.91 Å². The number of hydrogen-bond acceptors (Lipinski definition) is 2. The van der Waals surface area contributed by atoms with Crippen LogP contribution >= 0.6 is 0 Å². The van der Waals surface area contributed by atoms with Gasteiger partial charge in [0, 0.05) is 32.3 Å². The van der Waals surface area contributed by atoms with Crippen molar-refractivity contribution in [3.05, 3.63) is 54.1 Å². The highest BCUT2D eigenvalue weighted by molar-refractivity contribution is 5.76. The predicted molar refractivity (Wildman–Crippen MR) is 95.6 cm³/mol. The molecule has 1 saturated heterocycles. The smallest absolute Gasteiger partial charge is 0.222 e. The third kappa shape index (κ3) is 4.70. The van der Waals surface area contributed by atoms with Gasteiger partial charge in [0.1, 0.15) is 0 Å². The number of aromatic nitrogens is 2. The molecule has 3 rings (SSSR count). The molecule has 0 saturated carbocycles. The van der Waals surface area contributed by atoms with Crippen molar-refractivity contribution in [3.8, 4) is 0 Å². The maximum atomic E-state index is 12.4. The van der Waals surface area contributed by atoms with E-state index in [0.717, 1.165) is 50.5 Å². The van der Waals surface area contributed by atoms with E-state index >= 15 is 0 Å². The van der Waals surface area contributed by atoms with E-state index in [2.05, 4.69) is 32.8 Å². The third-order valence-corrected chi connectivity index (χ3v) is 5.00. The number of imidazole rings is 1. The van der Waals surface area contributed by atoms with Gasteiger partial charge in [-0.3, -0.25) is 4.79 Å². The number of piperidine rings is 1. The van der Waals surface area contributed by atoms with Crippen LogP contribution in [0.2, 0.25) is 0 Å². The zero-order chi connectivity index (χ0) is 16.8. The Bertz CT molecular complexity index is 642. The van der Waals surface area contributed by atoms with E-state index in [-0.39, 0.29) is 0 Å². The molecule has 0 atom stereocenters. The van der Waals surface area contributed by atoms with Gasteiger partial charge in [0.05, 0.1) is 12.0 Å². The molecular formula is C20H27N3O. The number of hydrogen-bond donors (Lipinski definition) is 0. The largest absolute Gasteiger partial charge is 0.343 e. The van der Waals surface area contributed by atoms with Crippen molar-refractivity contribution in [2.75, 3.05) is 13.1 Å². The summed E-state index contributed by atoms with van der Waals surface area (Å²) < 4.78 is 2.17. The molecule has 0 spiro atoms. The molecule has 0 unspecified atom stereocenters. The number of aryl methyl sites for hydroxylation is 3. The Morgan fingerprint density at radius 1 is 1.21 bits per heavy atom. The summed E-state index contributed by atoms with van der Waals surface area (Å²) in [6.45, 7) is 4.89. The Labute approximate surface area is 144 Å². The molecule has 1 amide bonds. The van der Waals surface area contributed by atoms with E-state index in [4.69, 9.17) is 0 Å².